The Labute approximate surface area is 261 Å². The molecule has 2 radical (unpaired) electrons. The zero-order valence-electron chi connectivity index (χ0n) is 22.3. The van der Waals surface area contributed by atoms with Crippen molar-refractivity contribution in [1.82, 2.24) is 0 Å². The molecule has 0 amide bonds. The number of hydrogen-bond acceptors (Lipinski definition) is 0. The second-order valence-corrected chi connectivity index (χ2v) is 10.4. The number of rotatable bonds is 2. The second kappa shape index (κ2) is 16.7. The van der Waals surface area contributed by atoms with Gasteiger partial charge in [-0.25, -0.2) is 0 Å². The first kappa shape index (κ1) is 33.8. The largest absolute Gasteiger partial charge is 4.00 e. The molecule has 0 atom stereocenters. The third-order valence-corrected chi connectivity index (χ3v) is 7.58. The molecule has 0 saturated carbocycles. The fraction of sp³-hybridized carbons (Fsp3) is 0.118. The molecule has 0 bridgehead atoms. The quantitative estimate of drug-likeness (QED) is 0.189. The molecular formula is C34H32Cl2HfSi. The molecule has 0 fully saturated rings. The fourth-order valence-corrected chi connectivity index (χ4v) is 5.34. The molecule has 0 spiro atoms. The van der Waals surface area contributed by atoms with Gasteiger partial charge in [0.1, 0.15) is 9.52 Å². The van der Waals surface area contributed by atoms with Gasteiger partial charge in [-0.1, -0.05) is 108 Å². The Morgan fingerprint density at radius 3 is 1.13 bits per heavy atom. The summed E-state index contributed by atoms with van der Waals surface area (Å²) in [6.45, 7) is 8.62. The van der Waals surface area contributed by atoms with E-state index in [1.54, 1.807) is 0 Å². The fourth-order valence-electron chi connectivity index (χ4n) is 4.28. The van der Waals surface area contributed by atoms with E-state index in [4.69, 9.17) is 0 Å². The van der Waals surface area contributed by atoms with Crippen LogP contribution in [0.3, 0.4) is 0 Å². The SMILES string of the molecule is Cc1ccc(C)c2[cH-]ccc12.Cc1ccc(C)c2[cH-]ccc12.[Cl-].[Cl-].[Hf+4].c1ccc([Si]c2ccccc2)cc1. The molecule has 0 aliphatic heterocycles. The van der Waals surface area contributed by atoms with E-state index in [9.17, 15) is 0 Å². The molecule has 6 rings (SSSR count). The molecular weight excluding hydrogens is 686 g/mol. The predicted molar refractivity (Wildman–Crippen MR) is 156 cm³/mol. The van der Waals surface area contributed by atoms with Crippen molar-refractivity contribution in [2.24, 2.45) is 0 Å². The van der Waals surface area contributed by atoms with Gasteiger partial charge in [-0.3, -0.25) is 0 Å². The summed E-state index contributed by atoms with van der Waals surface area (Å²) < 4.78 is 0. The van der Waals surface area contributed by atoms with Crippen LogP contribution in [0.5, 0.6) is 0 Å². The standard InChI is InChI=1S/C12H10Si.2C11H11.2ClH.Hf/c1-3-7-11(8-4-1)13-12-9-5-2-6-10-12;2*1-8-6-7-9(2)11-5-3-4-10(8)11;;;/h1-10H;2*3-7H,1-2H3;2*1H;/q;2*-1;;;+4/p-2. The van der Waals surface area contributed by atoms with Gasteiger partial charge in [-0.15, -0.1) is 56.9 Å². The first-order valence-corrected chi connectivity index (χ1v) is 13.1. The Morgan fingerprint density at radius 2 is 0.789 bits per heavy atom. The van der Waals surface area contributed by atoms with Crippen molar-refractivity contribution in [2.75, 3.05) is 0 Å². The molecule has 0 unspecified atom stereocenters. The second-order valence-electron chi connectivity index (χ2n) is 8.96. The van der Waals surface area contributed by atoms with Crippen LogP contribution in [-0.2, 0) is 25.8 Å². The van der Waals surface area contributed by atoms with Crippen molar-refractivity contribution in [3.05, 3.63) is 144 Å². The zero-order valence-corrected chi connectivity index (χ0v) is 28.4. The van der Waals surface area contributed by atoms with E-state index < -0.39 is 0 Å². The zero-order chi connectivity index (χ0) is 24.6. The molecule has 38 heavy (non-hydrogen) atoms. The van der Waals surface area contributed by atoms with Crippen LogP contribution in [0.15, 0.2) is 121 Å². The Balaban J connectivity index is 0.000000275. The van der Waals surface area contributed by atoms with Gasteiger partial charge in [0, 0.05) is 0 Å². The molecule has 0 nitrogen and oxygen atoms in total. The maximum Gasteiger partial charge on any atom is 4.00 e. The predicted octanol–water partition coefficient (Wildman–Crippen LogP) is 1.70. The van der Waals surface area contributed by atoms with E-state index in [2.05, 4.69) is 149 Å². The Hall–Kier alpha value is -2.23. The normalized spacial score (nSPS) is 9.58. The van der Waals surface area contributed by atoms with Crippen LogP contribution in [0.25, 0.3) is 21.5 Å². The Kier molecular flexibility index (Phi) is 14.8. The van der Waals surface area contributed by atoms with E-state index in [1.807, 2.05) is 0 Å². The summed E-state index contributed by atoms with van der Waals surface area (Å²) in [7, 11) is 0.777. The summed E-state index contributed by atoms with van der Waals surface area (Å²) in [5, 5.41) is 8.37. The van der Waals surface area contributed by atoms with Crippen LogP contribution < -0.4 is 35.2 Å². The van der Waals surface area contributed by atoms with Crippen LogP contribution in [0, 0.1) is 27.7 Å². The smallest absolute Gasteiger partial charge is 1.00 e. The number of halogens is 2. The molecule has 6 aromatic rings. The minimum atomic E-state index is 0. The van der Waals surface area contributed by atoms with Gasteiger partial charge < -0.3 is 24.8 Å². The number of hydrogen-bond donors (Lipinski definition) is 0. The topological polar surface area (TPSA) is 0 Å². The minimum absolute atomic E-state index is 0. The van der Waals surface area contributed by atoms with Gasteiger partial charge in [0.25, 0.3) is 0 Å². The number of aryl methyl sites for hydroxylation is 4. The molecule has 0 N–H and O–H groups in total. The molecule has 0 saturated heterocycles. The molecule has 4 heteroatoms. The molecule has 0 heterocycles. The first-order valence-electron chi connectivity index (χ1n) is 12.1. The summed E-state index contributed by atoms with van der Waals surface area (Å²) in [5.74, 6) is 0. The van der Waals surface area contributed by atoms with Crippen molar-refractivity contribution >= 4 is 41.4 Å². The minimum Gasteiger partial charge on any atom is -1.00 e. The van der Waals surface area contributed by atoms with E-state index in [0.717, 1.165) is 9.52 Å². The maximum absolute atomic E-state index is 2.18. The molecule has 0 aliphatic carbocycles. The van der Waals surface area contributed by atoms with Crippen LogP contribution in [0.4, 0.5) is 0 Å². The summed E-state index contributed by atoms with van der Waals surface area (Å²) in [4.78, 5) is 0. The molecule has 190 valence electrons. The average molecular weight is 718 g/mol. The number of benzene rings is 4. The van der Waals surface area contributed by atoms with Crippen molar-refractivity contribution < 1.29 is 50.7 Å². The average Bonchev–Trinajstić information content (AvgIpc) is 3.58. The summed E-state index contributed by atoms with van der Waals surface area (Å²) in [5.41, 5.74) is 5.48. The summed E-state index contributed by atoms with van der Waals surface area (Å²) in [6, 6.07) is 42.8. The van der Waals surface area contributed by atoms with Crippen molar-refractivity contribution in [3.63, 3.8) is 0 Å². The van der Waals surface area contributed by atoms with Crippen LogP contribution >= 0.6 is 0 Å². The summed E-state index contributed by atoms with van der Waals surface area (Å²) >= 11 is 0. The monoisotopic (exact) mass is 718 g/mol. The van der Waals surface area contributed by atoms with Gasteiger partial charge >= 0.3 is 25.8 Å². The van der Waals surface area contributed by atoms with Crippen molar-refractivity contribution in [3.8, 4) is 0 Å². The van der Waals surface area contributed by atoms with E-state index >= 15 is 0 Å². The summed E-state index contributed by atoms with van der Waals surface area (Å²) in [6.07, 6.45) is 0. The Bertz CT molecular complexity index is 1310. The maximum atomic E-state index is 2.18. The van der Waals surface area contributed by atoms with Crippen LogP contribution in [0.2, 0.25) is 0 Å². The van der Waals surface area contributed by atoms with Gasteiger partial charge in [0.2, 0.25) is 0 Å². The molecule has 0 aliphatic rings. The van der Waals surface area contributed by atoms with Crippen molar-refractivity contribution in [2.45, 2.75) is 27.7 Å². The number of fused-ring (bicyclic) bond motifs is 2. The van der Waals surface area contributed by atoms with Gasteiger partial charge in [0.15, 0.2) is 0 Å². The third kappa shape index (κ3) is 8.92. The van der Waals surface area contributed by atoms with E-state index in [1.165, 1.54) is 54.2 Å². The molecule has 6 aromatic carbocycles. The van der Waals surface area contributed by atoms with Crippen molar-refractivity contribution in [1.29, 1.82) is 0 Å². The van der Waals surface area contributed by atoms with E-state index in [0.29, 0.717) is 0 Å². The van der Waals surface area contributed by atoms with Gasteiger partial charge in [-0.2, -0.15) is 24.3 Å². The first-order chi connectivity index (χ1) is 17.0. The molecule has 0 aromatic heterocycles. The van der Waals surface area contributed by atoms with Crippen LogP contribution in [0.1, 0.15) is 22.3 Å². The van der Waals surface area contributed by atoms with Gasteiger partial charge in [-0.05, 0) is 13.8 Å². The van der Waals surface area contributed by atoms with E-state index in [-0.39, 0.29) is 50.7 Å². The third-order valence-electron chi connectivity index (χ3n) is 6.33. The Morgan fingerprint density at radius 1 is 0.447 bits per heavy atom. The van der Waals surface area contributed by atoms with Crippen LogP contribution in [-0.4, -0.2) is 9.52 Å². The van der Waals surface area contributed by atoms with Gasteiger partial charge in [0.05, 0.1) is 0 Å².